The fourth-order valence-corrected chi connectivity index (χ4v) is 4.28. The molecule has 0 N–H and O–H groups in total. The van der Waals surface area contributed by atoms with Gasteiger partial charge in [0, 0.05) is 0 Å². The molecule has 1 aliphatic carbocycles. The van der Waals surface area contributed by atoms with E-state index in [0.717, 1.165) is 43.2 Å². The molecule has 1 aliphatic rings. The summed E-state index contributed by atoms with van der Waals surface area (Å²) in [6, 6.07) is 6.73. The zero-order valence-electron chi connectivity index (χ0n) is 16.2. The summed E-state index contributed by atoms with van der Waals surface area (Å²) in [5, 5.41) is 0. The van der Waals surface area contributed by atoms with E-state index >= 15 is 0 Å². The molecule has 1 aromatic rings. The van der Waals surface area contributed by atoms with Crippen LogP contribution >= 0.6 is 0 Å². The largest absolute Gasteiger partial charge is 0.396 e. The molecule has 0 aromatic heterocycles. The second-order valence-corrected chi connectivity index (χ2v) is 7.85. The smallest absolute Gasteiger partial charge is 0.170 e. The first-order chi connectivity index (χ1) is 12.1. The van der Waals surface area contributed by atoms with Crippen LogP contribution in [0, 0.1) is 24.7 Å². The van der Waals surface area contributed by atoms with Crippen molar-refractivity contribution in [2.45, 2.75) is 65.0 Å². The molecule has 0 saturated heterocycles. The highest BCUT2D eigenvalue weighted by molar-refractivity contribution is 5.29. The van der Waals surface area contributed by atoms with Crippen molar-refractivity contribution in [2.24, 2.45) is 17.8 Å². The van der Waals surface area contributed by atoms with Crippen LogP contribution in [-0.2, 0) is 0 Å². The number of alkyl halides is 3. The molecule has 26 heavy (non-hydrogen) atoms. The molecule has 0 aliphatic heterocycles. The number of rotatable bonds is 6. The standard InChI is InChI=1S/C23H31F3/c1-6-16(3)19-11-13-20(14-12-19)17(4)18(5)22(23(24,25)26)21-9-7-15(2)8-10-21/h7-10,18-20,22H,3-4,6,11-14H2,1-2,5H3/t18?,19?,20?,22-/m0/s1. The lowest BCUT2D eigenvalue weighted by molar-refractivity contribution is -0.158. The van der Waals surface area contributed by atoms with Crippen molar-refractivity contribution in [2.75, 3.05) is 0 Å². The summed E-state index contributed by atoms with van der Waals surface area (Å²) in [6.45, 7) is 14.0. The van der Waals surface area contributed by atoms with Crippen molar-refractivity contribution < 1.29 is 13.2 Å². The number of benzene rings is 1. The monoisotopic (exact) mass is 364 g/mol. The third kappa shape index (κ3) is 4.81. The summed E-state index contributed by atoms with van der Waals surface area (Å²) in [5.41, 5.74) is 3.34. The van der Waals surface area contributed by atoms with E-state index < -0.39 is 18.0 Å². The van der Waals surface area contributed by atoms with Crippen molar-refractivity contribution in [1.82, 2.24) is 0 Å². The SMILES string of the molecule is C=C(CC)C1CCC(C(=C)C(C)[C@@H](c2ccc(C)cc2)C(F)(F)F)CC1. The molecular weight excluding hydrogens is 333 g/mol. The Labute approximate surface area is 156 Å². The van der Waals surface area contributed by atoms with Gasteiger partial charge in [0.05, 0.1) is 5.92 Å². The Morgan fingerprint density at radius 2 is 1.54 bits per heavy atom. The Balaban J connectivity index is 2.13. The van der Waals surface area contributed by atoms with Gasteiger partial charge in [-0.15, -0.1) is 0 Å². The topological polar surface area (TPSA) is 0 Å². The van der Waals surface area contributed by atoms with Crippen LogP contribution in [0.5, 0.6) is 0 Å². The summed E-state index contributed by atoms with van der Waals surface area (Å²) in [7, 11) is 0. The maximum absolute atomic E-state index is 13.8. The number of allylic oxidation sites excluding steroid dienone is 2. The normalized spacial score (nSPS) is 23.3. The zero-order chi connectivity index (χ0) is 19.5. The molecule has 1 unspecified atom stereocenters. The van der Waals surface area contributed by atoms with Gasteiger partial charge in [-0.1, -0.05) is 68.0 Å². The van der Waals surface area contributed by atoms with Crippen molar-refractivity contribution in [3.8, 4) is 0 Å². The molecule has 1 aromatic carbocycles. The van der Waals surface area contributed by atoms with Gasteiger partial charge in [0.15, 0.2) is 0 Å². The van der Waals surface area contributed by atoms with Crippen LogP contribution in [0.1, 0.15) is 63.0 Å². The Hall–Kier alpha value is -1.51. The zero-order valence-corrected chi connectivity index (χ0v) is 16.2. The van der Waals surface area contributed by atoms with Gasteiger partial charge in [0.1, 0.15) is 0 Å². The van der Waals surface area contributed by atoms with Crippen LogP contribution in [0.25, 0.3) is 0 Å². The highest BCUT2D eigenvalue weighted by atomic mass is 19.4. The Kier molecular flexibility index (Phi) is 6.76. The molecule has 1 saturated carbocycles. The lowest BCUT2D eigenvalue weighted by atomic mass is 9.70. The average Bonchev–Trinajstić information content (AvgIpc) is 2.61. The van der Waals surface area contributed by atoms with E-state index in [2.05, 4.69) is 20.1 Å². The lowest BCUT2D eigenvalue weighted by Gasteiger charge is -2.36. The maximum Gasteiger partial charge on any atom is 0.396 e. The highest BCUT2D eigenvalue weighted by Crippen LogP contribution is 2.47. The minimum atomic E-state index is -4.27. The van der Waals surface area contributed by atoms with E-state index in [0.29, 0.717) is 11.5 Å². The summed E-state index contributed by atoms with van der Waals surface area (Å²) in [5.74, 6) is -1.40. The number of halogens is 3. The molecule has 144 valence electrons. The van der Waals surface area contributed by atoms with E-state index in [1.54, 1.807) is 31.2 Å². The van der Waals surface area contributed by atoms with E-state index in [1.807, 2.05) is 6.92 Å². The number of hydrogen-bond donors (Lipinski definition) is 0. The summed E-state index contributed by atoms with van der Waals surface area (Å²) < 4.78 is 41.5. The van der Waals surface area contributed by atoms with Crippen molar-refractivity contribution >= 4 is 0 Å². The van der Waals surface area contributed by atoms with Crippen LogP contribution in [0.15, 0.2) is 48.6 Å². The van der Waals surface area contributed by atoms with Crippen molar-refractivity contribution in [3.05, 3.63) is 59.7 Å². The van der Waals surface area contributed by atoms with Crippen LogP contribution in [-0.4, -0.2) is 6.18 Å². The van der Waals surface area contributed by atoms with Gasteiger partial charge in [-0.25, -0.2) is 0 Å². The Bertz CT molecular complexity index is 616. The molecule has 2 atom stereocenters. The highest BCUT2D eigenvalue weighted by Gasteiger charge is 2.45. The van der Waals surface area contributed by atoms with E-state index in [-0.39, 0.29) is 5.92 Å². The van der Waals surface area contributed by atoms with Crippen LogP contribution in [0.4, 0.5) is 13.2 Å². The predicted octanol–water partition coefficient (Wildman–Crippen LogP) is 7.61. The second-order valence-electron chi connectivity index (χ2n) is 7.85. The molecule has 0 bridgehead atoms. The second kappa shape index (κ2) is 8.45. The van der Waals surface area contributed by atoms with E-state index in [9.17, 15) is 13.2 Å². The third-order valence-electron chi connectivity index (χ3n) is 6.16. The average molecular weight is 364 g/mol. The summed E-state index contributed by atoms with van der Waals surface area (Å²) in [6.07, 6.45) is 0.590. The first-order valence-electron chi connectivity index (χ1n) is 9.64. The molecule has 1 fully saturated rings. The molecule has 0 amide bonds. The quantitative estimate of drug-likeness (QED) is 0.456. The summed E-state index contributed by atoms with van der Waals surface area (Å²) >= 11 is 0. The van der Waals surface area contributed by atoms with Gasteiger partial charge in [-0.2, -0.15) is 13.2 Å². The van der Waals surface area contributed by atoms with Gasteiger partial charge in [-0.05, 0) is 62.3 Å². The Morgan fingerprint density at radius 3 is 2.00 bits per heavy atom. The molecule has 0 nitrogen and oxygen atoms in total. The van der Waals surface area contributed by atoms with Crippen molar-refractivity contribution in [3.63, 3.8) is 0 Å². The molecule has 2 rings (SSSR count). The van der Waals surface area contributed by atoms with Gasteiger partial charge in [0.2, 0.25) is 0 Å². The van der Waals surface area contributed by atoms with Crippen LogP contribution in [0.2, 0.25) is 0 Å². The molecule has 3 heteroatoms. The Morgan fingerprint density at radius 1 is 1.04 bits per heavy atom. The van der Waals surface area contributed by atoms with Crippen LogP contribution < -0.4 is 0 Å². The molecule has 0 radical (unpaired) electrons. The fourth-order valence-electron chi connectivity index (χ4n) is 4.28. The number of aryl methyl sites for hydroxylation is 1. The van der Waals surface area contributed by atoms with E-state index in [4.69, 9.17) is 0 Å². The predicted molar refractivity (Wildman–Crippen MR) is 103 cm³/mol. The minimum absolute atomic E-state index is 0.182. The van der Waals surface area contributed by atoms with E-state index in [1.165, 1.54) is 5.57 Å². The molecular formula is C23H31F3. The fraction of sp³-hybridized carbons (Fsp3) is 0.565. The number of hydrogen-bond acceptors (Lipinski definition) is 0. The lowest BCUT2D eigenvalue weighted by Crippen LogP contribution is -2.30. The molecule has 0 heterocycles. The first-order valence-corrected chi connectivity index (χ1v) is 9.64. The minimum Gasteiger partial charge on any atom is -0.170 e. The third-order valence-corrected chi connectivity index (χ3v) is 6.16. The van der Waals surface area contributed by atoms with Gasteiger partial charge in [-0.3, -0.25) is 0 Å². The maximum atomic E-state index is 13.8. The van der Waals surface area contributed by atoms with Gasteiger partial charge < -0.3 is 0 Å². The molecule has 0 spiro atoms. The van der Waals surface area contributed by atoms with Gasteiger partial charge in [0.25, 0.3) is 0 Å². The van der Waals surface area contributed by atoms with Crippen molar-refractivity contribution in [1.29, 1.82) is 0 Å². The van der Waals surface area contributed by atoms with Crippen LogP contribution in [0.3, 0.4) is 0 Å². The van der Waals surface area contributed by atoms with Gasteiger partial charge >= 0.3 is 6.18 Å². The summed E-state index contributed by atoms with van der Waals surface area (Å²) in [4.78, 5) is 0. The first kappa shape index (κ1) is 20.8.